The van der Waals surface area contributed by atoms with E-state index in [0.717, 1.165) is 11.1 Å². The van der Waals surface area contributed by atoms with Crippen molar-refractivity contribution in [1.29, 1.82) is 0 Å². The fourth-order valence-corrected chi connectivity index (χ4v) is 4.21. The van der Waals surface area contributed by atoms with E-state index in [-0.39, 0.29) is 5.57 Å². The van der Waals surface area contributed by atoms with E-state index in [2.05, 4.69) is 5.32 Å². The highest BCUT2D eigenvalue weighted by molar-refractivity contribution is 5.92. The number of rotatable bonds is 3. The molecule has 1 aliphatic carbocycles. The van der Waals surface area contributed by atoms with E-state index in [1.165, 1.54) is 0 Å². The topological polar surface area (TPSA) is 95.9 Å². The molecule has 0 aromatic heterocycles. The Labute approximate surface area is 140 Å². The van der Waals surface area contributed by atoms with Gasteiger partial charge in [-0.25, -0.2) is 4.79 Å². The average Bonchev–Trinajstić information content (AvgIpc) is 2.59. The fourth-order valence-electron chi connectivity index (χ4n) is 4.21. The molecular formula is C18H21NO5. The molecule has 0 amide bonds. The van der Waals surface area contributed by atoms with Crippen LogP contribution in [0.25, 0.3) is 0 Å². The van der Waals surface area contributed by atoms with Gasteiger partial charge in [0.05, 0.1) is 18.6 Å². The molecule has 3 N–H and O–H groups in total. The third kappa shape index (κ3) is 2.33. The standard InChI is InChI=1S/C18H21NO5/c1-9-13(16(20)21)14-12-8-11(24-3)5-4-10(12)6-7-18(2,19-9)15(14)17(22)23/h4-5,8,14-15,19H,6-7H2,1-3H3,(H,20,21)(H,22,23). The molecule has 1 aromatic rings. The number of hydrogen-bond donors (Lipinski definition) is 3. The molecule has 0 fully saturated rings. The first kappa shape index (κ1) is 16.4. The Kier molecular flexibility index (Phi) is 3.78. The van der Waals surface area contributed by atoms with Gasteiger partial charge in [0.15, 0.2) is 0 Å². The second kappa shape index (κ2) is 5.54. The zero-order valence-corrected chi connectivity index (χ0v) is 13.9. The first-order chi connectivity index (χ1) is 11.3. The number of fused-ring (bicyclic) bond motifs is 4. The van der Waals surface area contributed by atoms with Crippen LogP contribution in [0.1, 0.15) is 37.3 Å². The molecule has 128 valence electrons. The maximum atomic E-state index is 12.1. The molecular weight excluding hydrogens is 310 g/mol. The van der Waals surface area contributed by atoms with Gasteiger partial charge >= 0.3 is 11.9 Å². The van der Waals surface area contributed by atoms with Gasteiger partial charge in [0, 0.05) is 17.2 Å². The Morgan fingerprint density at radius 3 is 2.62 bits per heavy atom. The molecule has 2 bridgehead atoms. The minimum atomic E-state index is -1.09. The van der Waals surface area contributed by atoms with Gasteiger partial charge in [-0.15, -0.1) is 0 Å². The summed E-state index contributed by atoms with van der Waals surface area (Å²) >= 11 is 0. The third-order valence-corrected chi connectivity index (χ3v) is 5.31. The summed E-state index contributed by atoms with van der Waals surface area (Å²) in [6, 6.07) is 5.52. The number of hydrogen-bond acceptors (Lipinski definition) is 4. The van der Waals surface area contributed by atoms with Crippen molar-refractivity contribution >= 4 is 11.9 Å². The van der Waals surface area contributed by atoms with Crippen molar-refractivity contribution in [2.24, 2.45) is 5.92 Å². The van der Waals surface area contributed by atoms with E-state index in [1.54, 1.807) is 20.1 Å². The summed E-state index contributed by atoms with van der Waals surface area (Å²) in [7, 11) is 1.54. The highest BCUT2D eigenvalue weighted by Gasteiger charge is 2.53. The maximum Gasteiger partial charge on any atom is 0.333 e. The zero-order chi connectivity index (χ0) is 17.6. The van der Waals surface area contributed by atoms with E-state index >= 15 is 0 Å². The molecule has 1 aliphatic heterocycles. The van der Waals surface area contributed by atoms with Crippen LogP contribution in [0.15, 0.2) is 29.5 Å². The number of carbonyl (C=O) groups is 2. The van der Waals surface area contributed by atoms with Crippen LogP contribution in [0.2, 0.25) is 0 Å². The highest BCUT2D eigenvalue weighted by Crippen LogP contribution is 2.49. The third-order valence-electron chi connectivity index (χ3n) is 5.31. The Morgan fingerprint density at radius 1 is 1.33 bits per heavy atom. The minimum Gasteiger partial charge on any atom is -0.497 e. The van der Waals surface area contributed by atoms with Gasteiger partial charge < -0.3 is 20.3 Å². The Morgan fingerprint density at radius 2 is 2.04 bits per heavy atom. The lowest BCUT2D eigenvalue weighted by Gasteiger charge is -2.44. The predicted molar refractivity (Wildman–Crippen MR) is 87.1 cm³/mol. The van der Waals surface area contributed by atoms with E-state index in [9.17, 15) is 19.8 Å². The lowest BCUT2D eigenvalue weighted by Crippen LogP contribution is -2.56. The first-order valence-electron chi connectivity index (χ1n) is 7.90. The van der Waals surface area contributed by atoms with Crippen LogP contribution in [0, 0.1) is 5.92 Å². The lowest BCUT2D eigenvalue weighted by atomic mass is 9.68. The summed E-state index contributed by atoms with van der Waals surface area (Å²) in [6.07, 6.45) is 1.30. The van der Waals surface area contributed by atoms with Crippen molar-refractivity contribution in [3.05, 3.63) is 40.6 Å². The molecule has 24 heavy (non-hydrogen) atoms. The number of carboxylic acids is 2. The summed E-state index contributed by atoms with van der Waals surface area (Å²) in [5.41, 5.74) is 1.67. The van der Waals surface area contributed by atoms with Crippen LogP contribution in [0.5, 0.6) is 5.75 Å². The molecule has 0 saturated heterocycles. The largest absolute Gasteiger partial charge is 0.497 e. The van der Waals surface area contributed by atoms with Gasteiger partial charge in [0.2, 0.25) is 0 Å². The molecule has 1 aromatic carbocycles. The molecule has 1 heterocycles. The number of ether oxygens (including phenoxy) is 1. The summed E-state index contributed by atoms with van der Waals surface area (Å²) < 4.78 is 5.28. The van der Waals surface area contributed by atoms with Gasteiger partial charge in [0.25, 0.3) is 0 Å². The van der Waals surface area contributed by atoms with Crippen molar-refractivity contribution in [2.75, 3.05) is 7.11 Å². The van der Waals surface area contributed by atoms with Crippen LogP contribution >= 0.6 is 0 Å². The number of aryl methyl sites for hydroxylation is 1. The normalized spacial score (nSPS) is 28.5. The van der Waals surface area contributed by atoms with Crippen LogP contribution in [-0.4, -0.2) is 34.8 Å². The molecule has 0 saturated carbocycles. The summed E-state index contributed by atoms with van der Waals surface area (Å²) in [6.45, 7) is 3.57. The second-order valence-electron chi connectivity index (χ2n) is 6.74. The number of aliphatic carboxylic acids is 2. The predicted octanol–water partition coefficient (Wildman–Crippen LogP) is 2.15. The number of nitrogens with one attached hydrogen (secondary N) is 1. The van der Waals surface area contributed by atoms with Gasteiger partial charge in [-0.3, -0.25) is 4.79 Å². The molecule has 3 rings (SSSR count). The van der Waals surface area contributed by atoms with Crippen LogP contribution < -0.4 is 10.1 Å². The van der Waals surface area contributed by atoms with E-state index in [1.807, 2.05) is 19.1 Å². The van der Waals surface area contributed by atoms with E-state index in [4.69, 9.17) is 4.74 Å². The molecule has 3 atom stereocenters. The second-order valence-corrected chi connectivity index (χ2v) is 6.74. The average molecular weight is 331 g/mol. The fraction of sp³-hybridized carbons (Fsp3) is 0.444. The van der Waals surface area contributed by atoms with Crippen LogP contribution in [0.3, 0.4) is 0 Å². The summed E-state index contributed by atoms with van der Waals surface area (Å²) in [5.74, 6) is -3.05. The molecule has 6 heteroatoms. The van der Waals surface area contributed by atoms with Crippen molar-refractivity contribution in [3.8, 4) is 5.75 Å². The summed E-state index contributed by atoms with van der Waals surface area (Å²) in [4.78, 5) is 24.0. The Hall–Kier alpha value is -2.50. The SMILES string of the molecule is COc1ccc2c(c1)C1C(C(=O)O)=C(C)NC(C)(CC2)C1C(=O)O. The quantitative estimate of drug-likeness (QED) is 0.785. The Bertz CT molecular complexity index is 754. The molecule has 0 radical (unpaired) electrons. The lowest BCUT2D eigenvalue weighted by molar-refractivity contribution is -0.146. The molecule has 2 aliphatic rings. The van der Waals surface area contributed by atoms with Gasteiger partial charge in [-0.05, 0) is 49.9 Å². The van der Waals surface area contributed by atoms with Gasteiger partial charge in [-0.2, -0.15) is 0 Å². The summed E-state index contributed by atoms with van der Waals surface area (Å²) in [5, 5.41) is 22.8. The van der Waals surface area contributed by atoms with Gasteiger partial charge in [-0.1, -0.05) is 6.07 Å². The van der Waals surface area contributed by atoms with E-state index < -0.39 is 29.3 Å². The van der Waals surface area contributed by atoms with Gasteiger partial charge in [0.1, 0.15) is 5.75 Å². The molecule has 0 spiro atoms. The minimum absolute atomic E-state index is 0.122. The smallest absolute Gasteiger partial charge is 0.333 e. The van der Waals surface area contributed by atoms with Crippen molar-refractivity contribution < 1.29 is 24.5 Å². The highest BCUT2D eigenvalue weighted by atomic mass is 16.5. The Balaban J connectivity index is 2.32. The number of carboxylic acid groups (broad SMARTS) is 2. The van der Waals surface area contributed by atoms with Crippen molar-refractivity contribution in [3.63, 3.8) is 0 Å². The number of allylic oxidation sites excluding steroid dienone is 1. The van der Waals surface area contributed by atoms with Crippen LogP contribution in [-0.2, 0) is 16.0 Å². The maximum absolute atomic E-state index is 12.1. The number of methoxy groups -OCH3 is 1. The molecule has 6 nitrogen and oxygen atoms in total. The molecule has 3 unspecified atom stereocenters. The van der Waals surface area contributed by atoms with Crippen molar-refractivity contribution in [1.82, 2.24) is 5.32 Å². The zero-order valence-electron chi connectivity index (χ0n) is 13.9. The monoisotopic (exact) mass is 331 g/mol. The van der Waals surface area contributed by atoms with Crippen molar-refractivity contribution in [2.45, 2.75) is 38.1 Å². The van der Waals surface area contributed by atoms with E-state index in [0.29, 0.717) is 24.3 Å². The van der Waals surface area contributed by atoms with Crippen LogP contribution in [0.4, 0.5) is 0 Å². The first-order valence-corrected chi connectivity index (χ1v) is 7.90. The number of benzene rings is 1.